The van der Waals surface area contributed by atoms with Crippen molar-refractivity contribution in [3.05, 3.63) is 38.3 Å². The fourth-order valence-corrected chi connectivity index (χ4v) is 3.29. The lowest BCUT2D eigenvalue weighted by atomic mass is 10.2. The molecule has 0 saturated heterocycles. The van der Waals surface area contributed by atoms with Gasteiger partial charge in [-0.15, -0.1) is 11.3 Å². The standard InChI is InChI=1S/C15H18N2O3S2/c1-9-7-11(3-4-12(9)20-6-5-18)17-14(19)8-13-10(2)16-15(21)22-13/h3-4,7,18H,5-6,8H2,1-2H3,(H,16,21)(H,17,19). The molecule has 1 heterocycles. The van der Waals surface area contributed by atoms with Crippen LogP contribution in [0.1, 0.15) is 16.1 Å². The Kier molecular flexibility index (Phi) is 5.70. The van der Waals surface area contributed by atoms with E-state index in [2.05, 4.69) is 10.3 Å². The van der Waals surface area contributed by atoms with Gasteiger partial charge in [0.1, 0.15) is 12.4 Å². The van der Waals surface area contributed by atoms with E-state index in [0.29, 0.717) is 16.1 Å². The summed E-state index contributed by atoms with van der Waals surface area (Å²) in [6, 6.07) is 5.41. The van der Waals surface area contributed by atoms with E-state index >= 15 is 0 Å². The number of aromatic amines is 1. The minimum atomic E-state index is -0.0863. The van der Waals surface area contributed by atoms with E-state index in [1.54, 1.807) is 12.1 Å². The first kappa shape index (κ1) is 16.7. The lowest BCUT2D eigenvalue weighted by Gasteiger charge is -2.10. The highest BCUT2D eigenvalue weighted by Gasteiger charge is 2.10. The molecule has 1 amide bonds. The Morgan fingerprint density at radius 1 is 1.45 bits per heavy atom. The number of nitrogens with one attached hydrogen (secondary N) is 2. The van der Waals surface area contributed by atoms with Crippen LogP contribution in [-0.2, 0) is 11.2 Å². The molecule has 118 valence electrons. The van der Waals surface area contributed by atoms with Gasteiger partial charge in [0.25, 0.3) is 0 Å². The zero-order valence-electron chi connectivity index (χ0n) is 12.4. The van der Waals surface area contributed by atoms with Gasteiger partial charge in [0.2, 0.25) is 5.91 Å². The molecule has 1 aromatic heterocycles. The number of rotatable bonds is 6. The summed E-state index contributed by atoms with van der Waals surface area (Å²) in [5, 5.41) is 11.6. The molecule has 7 heteroatoms. The van der Waals surface area contributed by atoms with Crippen LogP contribution >= 0.6 is 23.6 Å². The first-order chi connectivity index (χ1) is 10.5. The first-order valence-corrected chi connectivity index (χ1v) is 8.05. The van der Waals surface area contributed by atoms with Crippen LogP contribution in [-0.4, -0.2) is 29.2 Å². The second-order valence-electron chi connectivity index (χ2n) is 4.84. The maximum absolute atomic E-state index is 12.1. The molecule has 0 fully saturated rings. The number of H-pyrrole nitrogens is 1. The molecule has 5 nitrogen and oxygen atoms in total. The minimum absolute atomic E-state index is 0.0278. The van der Waals surface area contributed by atoms with E-state index in [-0.39, 0.29) is 19.1 Å². The summed E-state index contributed by atoms with van der Waals surface area (Å²) in [5.74, 6) is 0.614. The average Bonchev–Trinajstić information content (AvgIpc) is 2.76. The van der Waals surface area contributed by atoms with Crippen LogP contribution < -0.4 is 10.1 Å². The molecule has 0 unspecified atom stereocenters. The highest BCUT2D eigenvalue weighted by Crippen LogP contribution is 2.22. The summed E-state index contributed by atoms with van der Waals surface area (Å²) in [6.45, 7) is 4.03. The number of anilines is 1. The van der Waals surface area contributed by atoms with Crippen LogP contribution in [0.25, 0.3) is 0 Å². The van der Waals surface area contributed by atoms with Crippen LogP contribution in [0.15, 0.2) is 18.2 Å². The highest BCUT2D eigenvalue weighted by atomic mass is 32.1. The summed E-state index contributed by atoms with van der Waals surface area (Å²) in [6.07, 6.45) is 0.297. The molecule has 1 aromatic carbocycles. The molecule has 0 aliphatic heterocycles. The van der Waals surface area contributed by atoms with Crippen molar-refractivity contribution in [1.82, 2.24) is 4.98 Å². The number of thiazole rings is 1. The zero-order valence-corrected chi connectivity index (χ0v) is 14.1. The molecule has 0 aliphatic carbocycles. The fraction of sp³-hybridized carbons (Fsp3) is 0.333. The van der Waals surface area contributed by atoms with Gasteiger partial charge in [-0.2, -0.15) is 0 Å². The van der Waals surface area contributed by atoms with Crippen molar-refractivity contribution in [2.45, 2.75) is 20.3 Å². The molecule has 3 N–H and O–H groups in total. The largest absolute Gasteiger partial charge is 0.491 e. The van der Waals surface area contributed by atoms with Crippen LogP contribution in [0.3, 0.4) is 0 Å². The second kappa shape index (κ2) is 7.53. The summed E-state index contributed by atoms with van der Waals surface area (Å²) in [5.41, 5.74) is 2.56. The molecule has 2 rings (SSSR count). The van der Waals surface area contributed by atoms with Gasteiger partial charge < -0.3 is 20.1 Å². The Hall–Kier alpha value is -1.70. The SMILES string of the molecule is Cc1cc(NC(=O)Cc2sc(=S)[nH]c2C)ccc1OCCO. The normalized spacial score (nSPS) is 10.5. The van der Waals surface area contributed by atoms with Crippen molar-refractivity contribution in [2.24, 2.45) is 0 Å². The highest BCUT2D eigenvalue weighted by molar-refractivity contribution is 7.73. The molecule has 22 heavy (non-hydrogen) atoms. The number of aliphatic hydroxyl groups is 1. The number of hydrogen-bond donors (Lipinski definition) is 3. The van der Waals surface area contributed by atoms with Crippen molar-refractivity contribution in [1.29, 1.82) is 0 Å². The van der Waals surface area contributed by atoms with E-state index < -0.39 is 0 Å². The monoisotopic (exact) mass is 338 g/mol. The first-order valence-electron chi connectivity index (χ1n) is 6.82. The average molecular weight is 338 g/mol. The van der Waals surface area contributed by atoms with Crippen LogP contribution in [0, 0.1) is 17.8 Å². The maximum atomic E-state index is 12.1. The van der Waals surface area contributed by atoms with E-state index in [4.69, 9.17) is 22.1 Å². The van der Waals surface area contributed by atoms with E-state index in [0.717, 1.165) is 21.8 Å². The molecule has 0 radical (unpaired) electrons. The molecule has 0 spiro atoms. The Labute approximate surface area is 138 Å². The number of aromatic nitrogens is 1. The zero-order chi connectivity index (χ0) is 16.1. The minimum Gasteiger partial charge on any atom is -0.491 e. The molecule has 2 aromatic rings. The van der Waals surface area contributed by atoms with Gasteiger partial charge in [-0.1, -0.05) is 0 Å². The predicted molar refractivity (Wildman–Crippen MR) is 90.3 cm³/mol. The number of hydrogen-bond acceptors (Lipinski definition) is 5. The molecular formula is C15H18N2O3S2. The van der Waals surface area contributed by atoms with Gasteiger partial charge in [-0.05, 0) is 49.8 Å². The third-order valence-corrected chi connectivity index (χ3v) is 4.39. The van der Waals surface area contributed by atoms with Gasteiger partial charge in [-0.25, -0.2) is 0 Å². The van der Waals surface area contributed by atoms with E-state index in [9.17, 15) is 4.79 Å². The molecule has 0 saturated carbocycles. The van der Waals surface area contributed by atoms with Gasteiger partial charge in [-0.3, -0.25) is 4.79 Å². The van der Waals surface area contributed by atoms with Crippen molar-refractivity contribution in [3.8, 4) is 5.75 Å². The van der Waals surface area contributed by atoms with E-state index in [1.807, 2.05) is 19.9 Å². The van der Waals surface area contributed by atoms with Gasteiger partial charge in [0.05, 0.1) is 13.0 Å². The summed E-state index contributed by atoms with van der Waals surface area (Å²) < 4.78 is 6.07. The third kappa shape index (κ3) is 4.40. The van der Waals surface area contributed by atoms with E-state index in [1.165, 1.54) is 11.3 Å². The summed E-state index contributed by atoms with van der Waals surface area (Å²) in [4.78, 5) is 16.1. The van der Waals surface area contributed by atoms with Crippen molar-refractivity contribution >= 4 is 35.1 Å². The Morgan fingerprint density at radius 2 is 2.23 bits per heavy atom. The molecule has 0 bridgehead atoms. The maximum Gasteiger partial charge on any atom is 0.229 e. The van der Waals surface area contributed by atoms with Crippen LogP contribution in [0.5, 0.6) is 5.75 Å². The lowest BCUT2D eigenvalue weighted by molar-refractivity contribution is -0.115. The smallest absolute Gasteiger partial charge is 0.229 e. The fourth-order valence-electron chi connectivity index (χ4n) is 2.00. The topological polar surface area (TPSA) is 74.4 Å². The van der Waals surface area contributed by atoms with Gasteiger partial charge in [0, 0.05) is 16.3 Å². The number of ether oxygens (including phenoxy) is 1. The molecule has 0 atom stereocenters. The number of amides is 1. The number of carbonyl (C=O) groups is 1. The van der Waals surface area contributed by atoms with Gasteiger partial charge in [0.15, 0.2) is 3.95 Å². The van der Waals surface area contributed by atoms with Crippen molar-refractivity contribution in [3.63, 3.8) is 0 Å². The summed E-state index contributed by atoms with van der Waals surface area (Å²) >= 11 is 6.49. The van der Waals surface area contributed by atoms with Crippen molar-refractivity contribution < 1.29 is 14.6 Å². The van der Waals surface area contributed by atoms with Crippen LogP contribution in [0.4, 0.5) is 5.69 Å². The number of aliphatic hydroxyl groups excluding tert-OH is 1. The summed E-state index contributed by atoms with van der Waals surface area (Å²) in [7, 11) is 0. The third-order valence-electron chi connectivity index (χ3n) is 3.05. The van der Waals surface area contributed by atoms with Crippen LogP contribution in [0.2, 0.25) is 0 Å². The predicted octanol–water partition coefficient (Wildman–Crippen LogP) is 2.97. The number of benzene rings is 1. The second-order valence-corrected chi connectivity index (χ2v) is 6.61. The Balaban J connectivity index is 2.01. The Morgan fingerprint density at radius 3 is 2.82 bits per heavy atom. The molecular weight excluding hydrogens is 320 g/mol. The number of carbonyl (C=O) groups excluding carboxylic acids is 1. The number of aryl methyl sites for hydroxylation is 2. The van der Waals surface area contributed by atoms with Crippen molar-refractivity contribution in [2.75, 3.05) is 18.5 Å². The quantitative estimate of drug-likeness (QED) is 0.708. The lowest BCUT2D eigenvalue weighted by Crippen LogP contribution is -2.14. The Bertz CT molecular complexity index is 722. The van der Waals surface area contributed by atoms with Gasteiger partial charge >= 0.3 is 0 Å². The molecule has 0 aliphatic rings.